The number of carbonyl (C=O) groups is 1. The van der Waals surface area contributed by atoms with E-state index in [1.54, 1.807) is 11.3 Å². The molecule has 0 saturated carbocycles. The maximum atomic E-state index is 10.6. The van der Waals surface area contributed by atoms with E-state index in [0.717, 1.165) is 52.8 Å². The summed E-state index contributed by atoms with van der Waals surface area (Å²) in [7, 11) is 2.02. The molecule has 0 amide bonds. The van der Waals surface area contributed by atoms with Gasteiger partial charge in [-0.2, -0.15) is 0 Å². The zero-order valence-electron chi connectivity index (χ0n) is 22.0. The number of hydrogen-bond donors (Lipinski definition) is 1. The van der Waals surface area contributed by atoms with Gasteiger partial charge < -0.3 is 15.0 Å². The van der Waals surface area contributed by atoms with Crippen molar-refractivity contribution in [1.29, 1.82) is 0 Å². The van der Waals surface area contributed by atoms with E-state index in [1.807, 2.05) is 19.3 Å². The van der Waals surface area contributed by atoms with Gasteiger partial charge >= 0.3 is 0 Å². The van der Waals surface area contributed by atoms with Crippen LogP contribution in [0, 0.1) is 0 Å². The number of aldehydes is 1. The largest absolute Gasteiger partial charge is 0.351 e. The first-order valence-corrected chi connectivity index (χ1v) is 14.3. The Kier molecular flexibility index (Phi) is 9.64. The monoisotopic (exact) mass is 508 g/mol. The fourth-order valence-corrected chi connectivity index (χ4v) is 5.98. The highest BCUT2D eigenvalue weighted by Gasteiger charge is 2.20. The average molecular weight is 509 g/mol. The second-order valence-electron chi connectivity index (χ2n) is 9.88. The van der Waals surface area contributed by atoms with Crippen molar-refractivity contribution >= 4 is 44.6 Å². The summed E-state index contributed by atoms with van der Waals surface area (Å²) in [5.41, 5.74) is 3.55. The summed E-state index contributed by atoms with van der Waals surface area (Å²) in [6, 6.07) is 6.41. The number of rotatable bonds is 14. The van der Waals surface area contributed by atoms with Crippen molar-refractivity contribution in [1.82, 2.24) is 19.9 Å². The Balaban J connectivity index is 1.54. The number of fused-ring (bicyclic) bond motifs is 1. The molecule has 0 radical (unpaired) electrons. The molecule has 1 fully saturated rings. The molecule has 0 bridgehead atoms. The molecule has 1 aliphatic heterocycles. The van der Waals surface area contributed by atoms with Crippen LogP contribution in [0.3, 0.4) is 0 Å². The summed E-state index contributed by atoms with van der Waals surface area (Å²) < 4.78 is 1.05. The number of anilines is 3. The highest BCUT2D eigenvalue weighted by atomic mass is 32.1. The van der Waals surface area contributed by atoms with Crippen LogP contribution in [0.4, 0.5) is 16.8 Å². The fraction of sp³-hybridized carbons (Fsp3) is 0.571. The van der Waals surface area contributed by atoms with Crippen LogP contribution in [-0.4, -0.2) is 52.8 Å². The zero-order valence-corrected chi connectivity index (χ0v) is 22.8. The maximum Gasteiger partial charge on any atom is 0.186 e. The molecule has 1 aliphatic rings. The second-order valence-corrected chi connectivity index (χ2v) is 10.9. The molecule has 36 heavy (non-hydrogen) atoms. The lowest BCUT2D eigenvalue weighted by Gasteiger charge is -2.23. The van der Waals surface area contributed by atoms with E-state index in [-0.39, 0.29) is 0 Å². The summed E-state index contributed by atoms with van der Waals surface area (Å²) in [5, 5.41) is 4.39. The minimum atomic E-state index is 0.575. The van der Waals surface area contributed by atoms with Gasteiger partial charge in [0.2, 0.25) is 0 Å². The average Bonchev–Trinajstić information content (AvgIpc) is 3.54. The van der Waals surface area contributed by atoms with Gasteiger partial charge in [-0.1, -0.05) is 44.1 Å². The van der Waals surface area contributed by atoms with Gasteiger partial charge in [0.15, 0.2) is 5.13 Å². The van der Waals surface area contributed by atoms with Gasteiger partial charge in [0.05, 0.1) is 15.9 Å². The third-order valence-electron chi connectivity index (χ3n) is 6.96. The number of nitrogens with one attached hydrogen (secondary N) is 1. The first kappa shape index (κ1) is 26.5. The van der Waals surface area contributed by atoms with Crippen LogP contribution in [-0.2, 0) is 11.3 Å². The van der Waals surface area contributed by atoms with E-state index in [0.29, 0.717) is 12.3 Å². The smallest absolute Gasteiger partial charge is 0.186 e. The SMILES string of the molecule is CCCC(CCC)c1ccc(Nc2cc3nc(N(C)CCCC=O)sc3cn2)nc1CN1CCCC1. The minimum absolute atomic E-state index is 0.575. The van der Waals surface area contributed by atoms with E-state index >= 15 is 0 Å². The highest BCUT2D eigenvalue weighted by molar-refractivity contribution is 7.22. The van der Waals surface area contributed by atoms with Gasteiger partial charge in [-0.05, 0) is 62.7 Å². The summed E-state index contributed by atoms with van der Waals surface area (Å²) >= 11 is 1.63. The highest BCUT2D eigenvalue weighted by Crippen LogP contribution is 2.32. The molecule has 194 valence electrons. The molecule has 4 rings (SSSR count). The van der Waals surface area contributed by atoms with Crippen LogP contribution >= 0.6 is 11.3 Å². The van der Waals surface area contributed by atoms with Crippen LogP contribution in [0.5, 0.6) is 0 Å². The number of hydrogen-bond acceptors (Lipinski definition) is 8. The number of pyridine rings is 2. The molecular formula is C28H40N6OS. The summed E-state index contributed by atoms with van der Waals surface area (Å²) in [4.78, 5) is 29.8. The number of aromatic nitrogens is 3. The Morgan fingerprint density at radius 2 is 1.92 bits per heavy atom. The number of nitrogens with zero attached hydrogens (tertiary/aromatic N) is 5. The van der Waals surface area contributed by atoms with Gasteiger partial charge in [-0.25, -0.2) is 15.0 Å². The van der Waals surface area contributed by atoms with Crippen molar-refractivity contribution in [2.24, 2.45) is 0 Å². The Labute approximate surface area is 219 Å². The Morgan fingerprint density at radius 3 is 2.64 bits per heavy atom. The van der Waals surface area contributed by atoms with E-state index < -0.39 is 0 Å². The molecule has 3 aromatic heterocycles. The minimum Gasteiger partial charge on any atom is -0.351 e. The molecule has 1 N–H and O–H groups in total. The van der Waals surface area contributed by atoms with Crippen LogP contribution in [0.15, 0.2) is 24.4 Å². The lowest BCUT2D eigenvalue weighted by Crippen LogP contribution is -2.21. The first-order chi connectivity index (χ1) is 17.6. The van der Waals surface area contributed by atoms with Gasteiger partial charge in [-0.15, -0.1) is 0 Å². The molecule has 3 aromatic rings. The Morgan fingerprint density at radius 1 is 1.14 bits per heavy atom. The van der Waals surface area contributed by atoms with Gasteiger partial charge in [-0.3, -0.25) is 4.90 Å². The molecule has 4 heterocycles. The molecule has 0 unspecified atom stereocenters. The van der Waals surface area contributed by atoms with Crippen molar-refractivity contribution in [2.45, 2.75) is 77.7 Å². The second kappa shape index (κ2) is 13.1. The molecule has 0 atom stereocenters. The van der Waals surface area contributed by atoms with Crippen molar-refractivity contribution in [3.8, 4) is 0 Å². The van der Waals surface area contributed by atoms with E-state index in [1.165, 1.54) is 62.9 Å². The predicted molar refractivity (Wildman–Crippen MR) is 151 cm³/mol. The van der Waals surface area contributed by atoms with Crippen LogP contribution in [0.1, 0.15) is 82.4 Å². The van der Waals surface area contributed by atoms with Crippen molar-refractivity contribution in [3.63, 3.8) is 0 Å². The zero-order chi connectivity index (χ0) is 25.3. The van der Waals surface area contributed by atoms with Crippen molar-refractivity contribution in [3.05, 3.63) is 35.7 Å². The standard InChI is InChI=1S/C28H40N6OS/c1-4-10-21(11-5-2)22-12-13-26(30-24(22)20-34-15-6-7-16-34)32-27-18-23-25(19-29-27)36-28(31-23)33(3)14-8-9-17-35/h12-13,17-19,21H,4-11,14-16,20H2,1-3H3,(H,29,30,32). The van der Waals surface area contributed by atoms with Gasteiger partial charge in [0.25, 0.3) is 0 Å². The quantitative estimate of drug-likeness (QED) is 0.196. The van der Waals surface area contributed by atoms with Gasteiger partial charge in [0.1, 0.15) is 17.9 Å². The summed E-state index contributed by atoms with van der Waals surface area (Å²) in [6.07, 6.45) is 11.6. The maximum absolute atomic E-state index is 10.6. The number of likely N-dealkylation sites (tertiary alicyclic amines) is 1. The lowest BCUT2D eigenvalue weighted by atomic mass is 9.89. The Hall–Kier alpha value is -2.58. The molecule has 0 aromatic carbocycles. The van der Waals surface area contributed by atoms with Crippen LogP contribution in [0.2, 0.25) is 0 Å². The van der Waals surface area contributed by atoms with E-state index in [2.05, 4.69) is 46.1 Å². The van der Waals surface area contributed by atoms with Gasteiger partial charge in [0, 0.05) is 38.8 Å². The third kappa shape index (κ3) is 6.79. The topological polar surface area (TPSA) is 74.2 Å². The third-order valence-corrected chi connectivity index (χ3v) is 8.08. The lowest BCUT2D eigenvalue weighted by molar-refractivity contribution is -0.107. The van der Waals surface area contributed by atoms with E-state index in [4.69, 9.17) is 9.97 Å². The number of unbranched alkanes of at least 4 members (excludes halogenated alkanes) is 1. The fourth-order valence-electron chi connectivity index (χ4n) is 5.08. The molecule has 0 aliphatic carbocycles. The number of carbonyl (C=O) groups excluding carboxylic acids is 1. The first-order valence-electron chi connectivity index (χ1n) is 13.5. The normalized spacial score (nSPS) is 14.1. The van der Waals surface area contributed by atoms with Crippen LogP contribution in [0.25, 0.3) is 10.2 Å². The molecule has 8 heteroatoms. The van der Waals surface area contributed by atoms with E-state index in [9.17, 15) is 4.79 Å². The predicted octanol–water partition coefficient (Wildman–Crippen LogP) is 6.52. The van der Waals surface area contributed by atoms with Crippen LogP contribution < -0.4 is 10.2 Å². The molecule has 0 spiro atoms. The summed E-state index contributed by atoms with van der Waals surface area (Å²) in [6.45, 7) is 8.62. The number of thiazole rings is 1. The summed E-state index contributed by atoms with van der Waals surface area (Å²) in [5.74, 6) is 2.17. The van der Waals surface area contributed by atoms with Crippen molar-refractivity contribution in [2.75, 3.05) is 36.9 Å². The Bertz CT molecular complexity index is 1120. The molecular weight excluding hydrogens is 468 g/mol. The molecule has 1 saturated heterocycles. The van der Waals surface area contributed by atoms with Crippen molar-refractivity contribution < 1.29 is 4.79 Å². The molecule has 7 nitrogen and oxygen atoms in total.